The molecule has 1 aliphatic heterocycles. The van der Waals surface area contributed by atoms with Crippen molar-refractivity contribution in [1.82, 2.24) is 9.80 Å². The van der Waals surface area contributed by atoms with Gasteiger partial charge in [-0.15, -0.1) is 0 Å². The van der Waals surface area contributed by atoms with Gasteiger partial charge in [-0.3, -0.25) is 9.69 Å². The molecule has 2 rings (SSSR count). The molecule has 0 radical (unpaired) electrons. The monoisotopic (exact) mass is 286 g/mol. The fourth-order valence-electron chi connectivity index (χ4n) is 2.20. The maximum atomic E-state index is 12.1. The molecule has 1 aromatic rings. The summed E-state index contributed by atoms with van der Waals surface area (Å²) in [5.74, 6) is 0.00138. The first kappa shape index (κ1) is 15.0. The quantitative estimate of drug-likeness (QED) is 0.676. The number of benzene rings is 1. The largest absolute Gasteiger partial charge is 0.322 e. The highest BCUT2D eigenvalue weighted by molar-refractivity contribution is 5.95. The first-order valence-electron chi connectivity index (χ1n) is 6.86. The summed E-state index contributed by atoms with van der Waals surface area (Å²) in [5, 5.41) is 11.5. The molecule has 6 nitrogen and oxygen atoms in total. The lowest BCUT2D eigenvalue weighted by atomic mass is 10.1. The molecule has 0 spiro atoms. The molecule has 1 N–H and O–H groups in total. The Bertz CT molecular complexity index is 554. The Balaban J connectivity index is 1.87. The number of ketones is 1. The molecule has 0 saturated carbocycles. The second kappa shape index (κ2) is 6.86. The topological polar surface area (TPSA) is 76.4 Å². The Kier molecular flexibility index (Phi) is 4.90. The van der Waals surface area contributed by atoms with Crippen LogP contribution in [0.3, 0.4) is 0 Å². The van der Waals surface area contributed by atoms with E-state index in [2.05, 4.69) is 11.4 Å². The van der Waals surface area contributed by atoms with E-state index in [1.165, 1.54) is 6.92 Å². The molecule has 0 aliphatic carbocycles. The van der Waals surface area contributed by atoms with Crippen LogP contribution in [0.4, 0.5) is 10.5 Å². The van der Waals surface area contributed by atoms with E-state index in [1.807, 2.05) is 4.90 Å². The Labute approximate surface area is 123 Å². The van der Waals surface area contributed by atoms with Gasteiger partial charge in [0.2, 0.25) is 0 Å². The SMILES string of the molecule is CC(=O)c1ccc(NC(=O)N2CCN(CC#N)CC2)cc1. The van der Waals surface area contributed by atoms with Crippen LogP contribution in [0.1, 0.15) is 17.3 Å². The summed E-state index contributed by atoms with van der Waals surface area (Å²) >= 11 is 0. The fraction of sp³-hybridized carbons (Fsp3) is 0.400. The zero-order valence-electron chi connectivity index (χ0n) is 12.0. The smallest absolute Gasteiger partial charge is 0.321 e. The average molecular weight is 286 g/mol. The van der Waals surface area contributed by atoms with Crippen LogP contribution in [0.25, 0.3) is 0 Å². The van der Waals surface area contributed by atoms with E-state index in [4.69, 9.17) is 5.26 Å². The number of nitriles is 1. The number of carbonyl (C=O) groups is 2. The Morgan fingerprint density at radius 2 is 1.81 bits per heavy atom. The molecule has 0 atom stereocenters. The van der Waals surface area contributed by atoms with Gasteiger partial charge in [0.15, 0.2) is 5.78 Å². The molecule has 0 unspecified atom stereocenters. The van der Waals surface area contributed by atoms with E-state index >= 15 is 0 Å². The summed E-state index contributed by atoms with van der Waals surface area (Å²) in [6.07, 6.45) is 0. The molecule has 110 valence electrons. The second-order valence-corrected chi connectivity index (χ2v) is 4.98. The number of amides is 2. The summed E-state index contributed by atoms with van der Waals surface area (Å²) < 4.78 is 0. The summed E-state index contributed by atoms with van der Waals surface area (Å²) in [5.41, 5.74) is 1.29. The first-order valence-corrected chi connectivity index (χ1v) is 6.86. The average Bonchev–Trinajstić information content (AvgIpc) is 2.49. The lowest BCUT2D eigenvalue weighted by Gasteiger charge is -2.33. The number of carbonyl (C=O) groups excluding carboxylic acids is 2. The molecule has 21 heavy (non-hydrogen) atoms. The molecule has 1 saturated heterocycles. The van der Waals surface area contributed by atoms with Crippen molar-refractivity contribution in [3.8, 4) is 6.07 Å². The predicted octanol–water partition coefficient (Wildman–Crippen LogP) is 1.56. The lowest BCUT2D eigenvalue weighted by molar-refractivity contribution is 0.101. The van der Waals surface area contributed by atoms with Gasteiger partial charge in [0.25, 0.3) is 0 Å². The van der Waals surface area contributed by atoms with Crippen molar-refractivity contribution in [3.05, 3.63) is 29.8 Å². The minimum atomic E-state index is -0.151. The summed E-state index contributed by atoms with van der Waals surface area (Å²) in [6, 6.07) is 8.80. The number of hydrogen-bond donors (Lipinski definition) is 1. The molecule has 1 fully saturated rings. The zero-order valence-corrected chi connectivity index (χ0v) is 12.0. The Hall–Kier alpha value is -2.39. The third kappa shape index (κ3) is 4.04. The normalized spacial score (nSPS) is 15.3. The minimum absolute atomic E-state index is 0.00138. The molecule has 0 bridgehead atoms. The van der Waals surface area contributed by atoms with Crippen LogP contribution in [0.2, 0.25) is 0 Å². The van der Waals surface area contributed by atoms with E-state index in [-0.39, 0.29) is 11.8 Å². The summed E-state index contributed by atoms with van der Waals surface area (Å²) in [6.45, 7) is 4.56. The van der Waals surface area contributed by atoms with Gasteiger partial charge < -0.3 is 10.2 Å². The Morgan fingerprint density at radius 1 is 1.19 bits per heavy atom. The van der Waals surface area contributed by atoms with Gasteiger partial charge in [0.05, 0.1) is 12.6 Å². The van der Waals surface area contributed by atoms with Crippen LogP contribution in [0.5, 0.6) is 0 Å². The van der Waals surface area contributed by atoms with E-state index in [0.29, 0.717) is 44.0 Å². The highest BCUT2D eigenvalue weighted by Crippen LogP contribution is 2.11. The number of urea groups is 1. The highest BCUT2D eigenvalue weighted by atomic mass is 16.2. The van der Waals surface area contributed by atoms with Crippen molar-refractivity contribution in [2.75, 3.05) is 38.0 Å². The Morgan fingerprint density at radius 3 is 2.33 bits per heavy atom. The van der Waals surface area contributed by atoms with Crippen molar-refractivity contribution in [2.45, 2.75) is 6.92 Å². The summed E-state index contributed by atoms with van der Waals surface area (Å²) in [7, 11) is 0. The minimum Gasteiger partial charge on any atom is -0.322 e. The van der Waals surface area contributed by atoms with Gasteiger partial charge in [-0.25, -0.2) is 4.79 Å². The number of anilines is 1. The van der Waals surface area contributed by atoms with Gasteiger partial charge in [0.1, 0.15) is 0 Å². The second-order valence-electron chi connectivity index (χ2n) is 4.98. The number of nitrogens with one attached hydrogen (secondary N) is 1. The maximum Gasteiger partial charge on any atom is 0.321 e. The maximum absolute atomic E-state index is 12.1. The van der Waals surface area contributed by atoms with Crippen molar-refractivity contribution in [1.29, 1.82) is 5.26 Å². The number of Topliss-reactive ketones (excluding diaryl/α,β-unsaturated/α-hetero) is 1. The lowest BCUT2D eigenvalue weighted by Crippen LogP contribution is -2.50. The van der Waals surface area contributed by atoms with Gasteiger partial charge in [0, 0.05) is 37.4 Å². The molecule has 1 heterocycles. The van der Waals surface area contributed by atoms with Crippen LogP contribution >= 0.6 is 0 Å². The van der Waals surface area contributed by atoms with Gasteiger partial charge >= 0.3 is 6.03 Å². The van der Waals surface area contributed by atoms with E-state index in [9.17, 15) is 9.59 Å². The third-order valence-corrected chi connectivity index (χ3v) is 3.50. The molecule has 2 amide bonds. The third-order valence-electron chi connectivity index (χ3n) is 3.50. The van der Waals surface area contributed by atoms with Gasteiger partial charge in [-0.1, -0.05) is 0 Å². The molecular weight excluding hydrogens is 268 g/mol. The van der Waals surface area contributed by atoms with Crippen LogP contribution in [-0.2, 0) is 0 Å². The highest BCUT2D eigenvalue weighted by Gasteiger charge is 2.20. The van der Waals surface area contributed by atoms with Crippen LogP contribution in [0, 0.1) is 11.3 Å². The van der Waals surface area contributed by atoms with Crippen LogP contribution in [0.15, 0.2) is 24.3 Å². The molecule has 1 aliphatic rings. The van der Waals surface area contributed by atoms with Crippen molar-refractivity contribution in [2.24, 2.45) is 0 Å². The number of piperazine rings is 1. The van der Waals surface area contributed by atoms with E-state index in [1.54, 1.807) is 29.2 Å². The molecule has 6 heteroatoms. The van der Waals surface area contributed by atoms with Gasteiger partial charge in [-0.2, -0.15) is 5.26 Å². The zero-order chi connectivity index (χ0) is 15.2. The molecular formula is C15H18N4O2. The van der Waals surface area contributed by atoms with Gasteiger partial charge in [-0.05, 0) is 31.2 Å². The van der Waals surface area contributed by atoms with Crippen LogP contribution < -0.4 is 5.32 Å². The summed E-state index contributed by atoms with van der Waals surface area (Å²) in [4.78, 5) is 27.1. The van der Waals surface area contributed by atoms with Crippen molar-refractivity contribution >= 4 is 17.5 Å². The van der Waals surface area contributed by atoms with Crippen LogP contribution in [-0.4, -0.2) is 54.3 Å². The molecule has 1 aromatic carbocycles. The number of rotatable bonds is 3. The molecule has 0 aromatic heterocycles. The van der Waals surface area contributed by atoms with E-state index < -0.39 is 0 Å². The van der Waals surface area contributed by atoms with Crippen molar-refractivity contribution in [3.63, 3.8) is 0 Å². The fourth-order valence-corrected chi connectivity index (χ4v) is 2.20. The number of hydrogen-bond acceptors (Lipinski definition) is 4. The standard InChI is InChI=1S/C15H18N4O2/c1-12(20)13-2-4-14(5-3-13)17-15(21)19-10-8-18(7-6-16)9-11-19/h2-5H,7-11H2,1H3,(H,17,21). The van der Waals surface area contributed by atoms with Crippen molar-refractivity contribution < 1.29 is 9.59 Å². The predicted molar refractivity (Wildman–Crippen MR) is 79.1 cm³/mol. The number of nitrogens with zero attached hydrogens (tertiary/aromatic N) is 3. The van der Waals surface area contributed by atoms with E-state index in [0.717, 1.165) is 0 Å². The first-order chi connectivity index (χ1) is 10.1.